The monoisotopic (exact) mass is 465 g/mol. The number of rotatable bonds is 3. The van der Waals surface area contributed by atoms with Crippen LogP contribution in [-0.2, 0) is 4.74 Å². The second-order valence-electron chi connectivity index (χ2n) is 10.1. The van der Waals surface area contributed by atoms with Gasteiger partial charge in [0.15, 0.2) is 0 Å². The predicted octanol–water partition coefficient (Wildman–Crippen LogP) is 5.91. The van der Waals surface area contributed by atoms with Crippen LogP contribution in [0.2, 0.25) is 0 Å². The maximum absolute atomic E-state index is 13.6. The zero-order valence-corrected chi connectivity index (χ0v) is 19.5. The van der Waals surface area contributed by atoms with Gasteiger partial charge in [-0.1, -0.05) is 12.1 Å². The number of ether oxygens (including phenoxy) is 2. The first kappa shape index (κ1) is 22.4. The summed E-state index contributed by atoms with van der Waals surface area (Å²) in [5.41, 5.74) is 0.152. The van der Waals surface area contributed by atoms with Gasteiger partial charge in [-0.05, 0) is 69.5 Å². The number of nitrogens with zero attached hydrogens (tertiary/aromatic N) is 1. The molecule has 0 N–H and O–H groups in total. The molecule has 7 heteroatoms. The molecule has 2 fully saturated rings. The quantitative estimate of drug-likeness (QED) is 0.450. The zero-order valence-electron chi connectivity index (χ0n) is 19.5. The van der Waals surface area contributed by atoms with E-state index in [0.29, 0.717) is 22.5 Å². The molecule has 0 saturated carbocycles. The summed E-state index contributed by atoms with van der Waals surface area (Å²) >= 11 is 0. The number of hydrogen-bond donors (Lipinski definition) is 0. The van der Waals surface area contributed by atoms with E-state index < -0.39 is 17.0 Å². The smallest absolute Gasteiger partial charge is 0.410 e. The van der Waals surface area contributed by atoms with Crippen LogP contribution in [0.1, 0.15) is 46.5 Å². The molecule has 0 unspecified atom stereocenters. The van der Waals surface area contributed by atoms with Gasteiger partial charge in [-0.15, -0.1) is 0 Å². The molecule has 1 amide bonds. The summed E-state index contributed by atoms with van der Waals surface area (Å²) in [6, 6.07) is 13.2. The summed E-state index contributed by atoms with van der Waals surface area (Å²) in [5.74, 6) is 0.205. The minimum atomic E-state index is -0.529. The van der Waals surface area contributed by atoms with Crippen LogP contribution in [0, 0.1) is 5.82 Å². The van der Waals surface area contributed by atoms with Gasteiger partial charge in [-0.3, -0.25) is 0 Å². The number of benzene rings is 2. The van der Waals surface area contributed by atoms with Gasteiger partial charge >= 0.3 is 11.7 Å². The van der Waals surface area contributed by atoms with Crippen molar-refractivity contribution in [3.8, 4) is 16.9 Å². The average molecular weight is 466 g/mol. The topological polar surface area (TPSA) is 69.0 Å². The number of carbonyl (C=O) groups is 1. The predicted molar refractivity (Wildman–Crippen MR) is 126 cm³/mol. The molecule has 0 spiro atoms. The third kappa shape index (κ3) is 4.52. The van der Waals surface area contributed by atoms with Gasteiger partial charge < -0.3 is 18.8 Å². The number of piperidine rings is 1. The highest BCUT2D eigenvalue weighted by atomic mass is 19.1. The Morgan fingerprint density at radius 1 is 1.06 bits per heavy atom. The van der Waals surface area contributed by atoms with E-state index in [-0.39, 0.29) is 24.3 Å². The van der Waals surface area contributed by atoms with E-state index in [2.05, 4.69) is 0 Å². The molecule has 2 bridgehead atoms. The molecule has 34 heavy (non-hydrogen) atoms. The van der Waals surface area contributed by atoms with Crippen molar-refractivity contribution >= 4 is 17.1 Å². The van der Waals surface area contributed by atoms with Gasteiger partial charge in [-0.25, -0.2) is 14.0 Å². The third-order valence-corrected chi connectivity index (χ3v) is 6.44. The fourth-order valence-corrected chi connectivity index (χ4v) is 5.05. The Bertz CT molecular complexity index is 1280. The van der Waals surface area contributed by atoms with Gasteiger partial charge in [0, 0.05) is 36.4 Å². The summed E-state index contributed by atoms with van der Waals surface area (Å²) in [5, 5.41) is 0.728. The molecule has 2 saturated heterocycles. The van der Waals surface area contributed by atoms with E-state index in [1.54, 1.807) is 24.3 Å². The van der Waals surface area contributed by atoms with Gasteiger partial charge in [0.2, 0.25) is 0 Å². The minimum absolute atomic E-state index is 0.0353. The van der Waals surface area contributed by atoms with Crippen LogP contribution in [0.15, 0.2) is 57.7 Å². The maximum Gasteiger partial charge on any atom is 0.410 e. The molecule has 5 rings (SSSR count). The summed E-state index contributed by atoms with van der Waals surface area (Å²) < 4.78 is 31.0. The molecule has 1 aromatic heterocycles. The summed E-state index contributed by atoms with van der Waals surface area (Å²) in [6.07, 6.45) is 3.07. The molecule has 3 atom stereocenters. The van der Waals surface area contributed by atoms with Crippen molar-refractivity contribution in [2.45, 2.75) is 70.2 Å². The highest BCUT2D eigenvalue weighted by Crippen LogP contribution is 2.38. The Morgan fingerprint density at radius 2 is 1.79 bits per heavy atom. The average Bonchev–Trinajstić information content (AvgIpc) is 3.03. The summed E-state index contributed by atoms with van der Waals surface area (Å²) in [4.78, 5) is 27.1. The maximum atomic E-state index is 13.6. The molecule has 3 heterocycles. The largest absolute Gasteiger partial charge is 0.490 e. The van der Waals surface area contributed by atoms with Crippen LogP contribution in [-0.4, -0.2) is 34.8 Å². The molecule has 0 aliphatic carbocycles. The Hall–Kier alpha value is -3.35. The molecule has 0 radical (unpaired) electrons. The molecular weight excluding hydrogens is 437 g/mol. The standard InChI is InChI=1S/C27H28FNO5/c1-27(2,3)34-26(31)29-19-8-9-20(29)14-22(13-19)32-21-10-7-17-12-23(25(30)33-24(17)15-21)16-5-4-6-18(28)11-16/h4-7,10-12,15,19-20,22H,8-9,13-14H2,1-3H3/t19-,20+,22-. The van der Waals surface area contributed by atoms with E-state index in [9.17, 15) is 14.0 Å². The number of carbonyl (C=O) groups excluding carboxylic acids is 1. The van der Waals surface area contributed by atoms with E-state index in [0.717, 1.165) is 31.1 Å². The van der Waals surface area contributed by atoms with Gasteiger partial charge in [0.1, 0.15) is 28.9 Å². The van der Waals surface area contributed by atoms with Crippen LogP contribution >= 0.6 is 0 Å². The van der Waals surface area contributed by atoms with Crippen molar-refractivity contribution in [3.63, 3.8) is 0 Å². The molecule has 2 aromatic carbocycles. The Morgan fingerprint density at radius 3 is 2.47 bits per heavy atom. The fourth-order valence-electron chi connectivity index (χ4n) is 5.05. The van der Waals surface area contributed by atoms with Crippen LogP contribution < -0.4 is 10.4 Å². The second-order valence-corrected chi connectivity index (χ2v) is 10.1. The highest BCUT2D eigenvalue weighted by Gasteiger charge is 2.45. The van der Waals surface area contributed by atoms with E-state index in [1.165, 1.54) is 12.1 Å². The molecule has 178 valence electrons. The minimum Gasteiger partial charge on any atom is -0.490 e. The van der Waals surface area contributed by atoms with Gasteiger partial charge in [-0.2, -0.15) is 0 Å². The van der Waals surface area contributed by atoms with Gasteiger partial charge in [0.25, 0.3) is 0 Å². The van der Waals surface area contributed by atoms with Crippen LogP contribution in [0.3, 0.4) is 0 Å². The normalized spacial score (nSPS) is 22.1. The Balaban J connectivity index is 1.32. The van der Waals surface area contributed by atoms with Crippen molar-refractivity contribution < 1.29 is 23.1 Å². The van der Waals surface area contributed by atoms with E-state index in [4.69, 9.17) is 13.9 Å². The lowest BCUT2D eigenvalue weighted by Crippen LogP contribution is -2.50. The highest BCUT2D eigenvalue weighted by molar-refractivity contribution is 5.82. The first-order valence-corrected chi connectivity index (χ1v) is 11.7. The van der Waals surface area contributed by atoms with Crippen molar-refractivity contribution in [1.82, 2.24) is 4.90 Å². The lowest BCUT2D eigenvalue weighted by atomic mass is 10.00. The van der Waals surface area contributed by atoms with Crippen molar-refractivity contribution in [3.05, 3.63) is 64.8 Å². The van der Waals surface area contributed by atoms with Crippen LogP contribution in [0.25, 0.3) is 22.1 Å². The second kappa shape index (κ2) is 8.46. The van der Waals surface area contributed by atoms with Crippen LogP contribution in [0.5, 0.6) is 5.75 Å². The van der Waals surface area contributed by atoms with Gasteiger partial charge in [0.05, 0.1) is 5.56 Å². The summed E-state index contributed by atoms with van der Waals surface area (Å²) in [7, 11) is 0. The third-order valence-electron chi connectivity index (χ3n) is 6.44. The van der Waals surface area contributed by atoms with E-state index in [1.807, 2.05) is 37.8 Å². The Labute approximate surface area is 197 Å². The van der Waals surface area contributed by atoms with Crippen molar-refractivity contribution in [2.75, 3.05) is 0 Å². The number of amides is 1. The molecular formula is C27H28FNO5. The lowest BCUT2D eigenvalue weighted by molar-refractivity contribution is -0.00706. The molecule has 6 nitrogen and oxygen atoms in total. The molecule has 2 aliphatic rings. The lowest BCUT2D eigenvalue weighted by Gasteiger charge is -2.39. The fraction of sp³-hybridized carbons (Fsp3) is 0.407. The first-order valence-electron chi connectivity index (χ1n) is 11.7. The van der Waals surface area contributed by atoms with E-state index >= 15 is 0 Å². The zero-order chi connectivity index (χ0) is 24.0. The molecule has 3 aromatic rings. The Kier molecular flexibility index (Phi) is 5.58. The van der Waals surface area contributed by atoms with Crippen LogP contribution in [0.4, 0.5) is 9.18 Å². The summed E-state index contributed by atoms with van der Waals surface area (Å²) in [6.45, 7) is 5.63. The molecule has 2 aliphatic heterocycles. The number of hydrogen-bond acceptors (Lipinski definition) is 5. The first-order chi connectivity index (χ1) is 16.2. The van der Waals surface area contributed by atoms with Crippen molar-refractivity contribution in [2.24, 2.45) is 0 Å². The van der Waals surface area contributed by atoms with Crippen molar-refractivity contribution in [1.29, 1.82) is 0 Å². The SMILES string of the molecule is CC(C)(C)OC(=O)N1[C@@H]2CC[C@H]1C[C@H](Oc1ccc3cc(-c4cccc(F)c4)c(=O)oc3c1)C2. The number of halogens is 1. The number of fused-ring (bicyclic) bond motifs is 3.